The van der Waals surface area contributed by atoms with Gasteiger partial charge in [0.1, 0.15) is 5.82 Å². The summed E-state index contributed by atoms with van der Waals surface area (Å²) in [5, 5.41) is 3.03. The number of nitrogens with zero attached hydrogens (tertiary/aromatic N) is 5. The van der Waals surface area contributed by atoms with Crippen LogP contribution in [0.15, 0.2) is 24.5 Å². The van der Waals surface area contributed by atoms with Crippen LogP contribution in [0.1, 0.15) is 5.69 Å². The summed E-state index contributed by atoms with van der Waals surface area (Å²) in [7, 11) is 7.24. The fraction of sp³-hybridized carbons (Fsp3) is 0.500. The number of aromatic nitrogens is 3. The van der Waals surface area contributed by atoms with E-state index in [-0.39, 0.29) is 30.1 Å². The Hall–Kier alpha value is -2.52. The average molecular weight is 376 g/mol. The molecule has 0 saturated carbocycles. The summed E-state index contributed by atoms with van der Waals surface area (Å²) in [5.41, 5.74) is 0.247. The van der Waals surface area contributed by atoms with Crippen molar-refractivity contribution < 1.29 is 13.9 Å². The molecule has 0 radical (unpaired) electrons. The zero-order valence-electron chi connectivity index (χ0n) is 16.0. The largest absolute Gasteiger partial charge is 0.494 e. The number of hydrogen-bond acceptors (Lipinski definition) is 8. The van der Waals surface area contributed by atoms with Crippen LogP contribution in [0.4, 0.5) is 16.2 Å². The minimum absolute atomic E-state index is 0.112. The van der Waals surface area contributed by atoms with Crippen LogP contribution >= 0.6 is 0 Å². The van der Waals surface area contributed by atoms with Gasteiger partial charge in [0, 0.05) is 38.7 Å². The molecule has 2 atom stereocenters. The van der Waals surface area contributed by atoms with Gasteiger partial charge < -0.3 is 24.6 Å². The molecule has 2 aromatic heterocycles. The fourth-order valence-corrected chi connectivity index (χ4v) is 3.19. The van der Waals surface area contributed by atoms with Crippen LogP contribution in [0.25, 0.3) is 0 Å². The molecule has 0 aliphatic carbocycles. The molecular weight excluding hydrogens is 351 g/mol. The molecule has 1 fully saturated rings. The quantitative estimate of drug-likeness (QED) is 0.777. The van der Waals surface area contributed by atoms with Gasteiger partial charge in [0.15, 0.2) is 11.6 Å². The van der Waals surface area contributed by atoms with E-state index in [2.05, 4.69) is 30.1 Å². The van der Waals surface area contributed by atoms with Gasteiger partial charge in [0.05, 0.1) is 31.5 Å². The zero-order valence-corrected chi connectivity index (χ0v) is 16.0. The van der Waals surface area contributed by atoms with Crippen LogP contribution in [-0.4, -0.2) is 73.4 Å². The molecule has 1 N–H and O–H groups in total. The molecule has 27 heavy (non-hydrogen) atoms. The lowest BCUT2D eigenvalue weighted by Crippen LogP contribution is -2.39. The number of hydrogen-bond donors (Lipinski definition) is 1. The standard InChI is InChI=1S/C18H25FN6O2/c1-24(2)13-10-25(11-15(13)27-4)16-6-8-21-18(23-16)22-9-12-17(19)14(26-3)5-7-20-12/h5-8,13,15H,9-11H2,1-4H3,(H,21,22,23)/t13-,15+/m0/s1. The lowest BCUT2D eigenvalue weighted by atomic mass is 10.2. The molecule has 1 aliphatic heterocycles. The summed E-state index contributed by atoms with van der Waals surface area (Å²) in [6.07, 6.45) is 3.30. The van der Waals surface area contributed by atoms with Crippen LogP contribution in [0, 0.1) is 5.82 Å². The highest BCUT2D eigenvalue weighted by Crippen LogP contribution is 2.23. The first kappa shape index (κ1) is 19.2. The lowest BCUT2D eigenvalue weighted by molar-refractivity contribution is 0.0639. The summed E-state index contributed by atoms with van der Waals surface area (Å²) in [5.74, 6) is 0.894. The van der Waals surface area contributed by atoms with E-state index < -0.39 is 5.82 Å². The van der Waals surface area contributed by atoms with Crippen LogP contribution in [0.2, 0.25) is 0 Å². The van der Waals surface area contributed by atoms with E-state index in [1.807, 2.05) is 20.2 Å². The molecule has 3 rings (SSSR count). The molecule has 1 saturated heterocycles. The first-order valence-corrected chi connectivity index (χ1v) is 8.72. The number of ether oxygens (including phenoxy) is 2. The maximum absolute atomic E-state index is 14.2. The Morgan fingerprint density at radius 2 is 2.00 bits per heavy atom. The number of rotatable bonds is 7. The minimum atomic E-state index is -0.486. The molecule has 3 heterocycles. The van der Waals surface area contributed by atoms with Gasteiger partial charge in [-0.1, -0.05) is 0 Å². The molecule has 0 amide bonds. The summed E-state index contributed by atoms with van der Waals surface area (Å²) >= 11 is 0. The topological polar surface area (TPSA) is 75.6 Å². The Morgan fingerprint density at radius 3 is 2.67 bits per heavy atom. The third-order valence-electron chi connectivity index (χ3n) is 4.73. The summed E-state index contributed by atoms with van der Waals surface area (Å²) in [4.78, 5) is 17.1. The zero-order chi connectivity index (χ0) is 19.4. The second kappa shape index (κ2) is 8.45. The van der Waals surface area contributed by atoms with Crippen LogP contribution in [-0.2, 0) is 11.3 Å². The summed E-state index contributed by atoms with van der Waals surface area (Å²) < 4.78 is 24.8. The number of nitrogens with one attached hydrogen (secondary N) is 1. The van der Waals surface area contributed by atoms with Gasteiger partial charge in [0.2, 0.25) is 5.95 Å². The van der Waals surface area contributed by atoms with E-state index in [1.54, 1.807) is 13.3 Å². The summed E-state index contributed by atoms with van der Waals surface area (Å²) in [6, 6.07) is 3.63. The normalized spacial score (nSPS) is 19.6. The predicted octanol–water partition coefficient (Wildman–Crippen LogP) is 1.40. The molecular formula is C18H25FN6O2. The number of halogens is 1. The Kier molecular flexibility index (Phi) is 6.02. The van der Waals surface area contributed by atoms with Crippen molar-refractivity contribution in [2.45, 2.75) is 18.7 Å². The Balaban J connectivity index is 1.70. The molecule has 0 bridgehead atoms. The first-order chi connectivity index (χ1) is 13.0. The molecule has 2 aromatic rings. The smallest absolute Gasteiger partial charge is 0.224 e. The van der Waals surface area contributed by atoms with Gasteiger partial charge in [-0.2, -0.15) is 4.98 Å². The first-order valence-electron chi connectivity index (χ1n) is 8.72. The molecule has 146 valence electrons. The van der Waals surface area contributed by atoms with Gasteiger partial charge in [-0.25, -0.2) is 9.37 Å². The third-order valence-corrected chi connectivity index (χ3v) is 4.73. The van der Waals surface area contributed by atoms with Crippen molar-refractivity contribution >= 4 is 11.8 Å². The average Bonchev–Trinajstić information content (AvgIpc) is 3.12. The van der Waals surface area contributed by atoms with E-state index in [0.29, 0.717) is 5.95 Å². The predicted molar refractivity (Wildman–Crippen MR) is 101 cm³/mol. The van der Waals surface area contributed by atoms with Crippen molar-refractivity contribution in [2.75, 3.05) is 51.6 Å². The Labute approximate surface area is 158 Å². The van der Waals surface area contributed by atoms with E-state index in [9.17, 15) is 4.39 Å². The van der Waals surface area contributed by atoms with Crippen molar-refractivity contribution in [1.82, 2.24) is 19.9 Å². The number of anilines is 2. The van der Waals surface area contributed by atoms with E-state index in [4.69, 9.17) is 9.47 Å². The second-order valence-corrected chi connectivity index (χ2v) is 6.58. The second-order valence-electron chi connectivity index (χ2n) is 6.58. The van der Waals surface area contributed by atoms with Crippen LogP contribution in [0.3, 0.4) is 0 Å². The maximum Gasteiger partial charge on any atom is 0.224 e. The molecule has 0 aromatic carbocycles. The Bertz CT molecular complexity index is 775. The van der Waals surface area contributed by atoms with Crippen LogP contribution < -0.4 is 15.0 Å². The van der Waals surface area contributed by atoms with Crippen molar-refractivity contribution in [3.63, 3.8) is 0 Å². The Morgan fingerprint density at radius 1 is 1.22 bits per heavy atom. The maximum atomic E-state index is 14.2. The monoisotopic (exact) mass is 376 g/mol. The van der Waals surface area contributed by atoms with Gasteiger partial charge in [0.25, 0.3) is 0 Å². The van der Waals surface area contributed by atoms with Crippen molar-refractivity contribution in [2.24, 2.45) is 0 Å². The number of methoxy groups -OCH3 is 2. The van der Waals surface area contributed by atoms with E-state index >= 15 is 0 Å². The molecule has 8 nitrogen and oxygen atoms in total. The van der Waals surface area contributed by atoms with E-state index in [0.717, 1.165) is 18.9 Å². The van der Waals surface area contributed by atoms with Crippen molar-refractivity contribution in [3.05, 3.63) is 36.0 Å². The molecule has 9 heteroatoms. The van der Waals surface area contributed by atoms with Gasteiger partial charge in [-0.3, -0.25) is 4.98 Å². The van der Waals surface area contributed by atoms with Gasteiger partial charge >= 0.3 is 0 Å². The number of pyridine rings is 1. The number of likely N-dealkylation sites (N-methyl/N-ethyl adjacent to an activating group) is 1. The molecule has 1 aliphatic rings. The van der Waals surface area contributed by atoms with E-state index in [1.165, 1.54) is 19.4 Å². The molecule has 0 unspecified atom stereocenters. The van der Waals surface area contributed by atoms with Crippen molar-refractivity contribution in [3.8, 4) is 5.75 Å². The van der Waals surface area contributed by atoms with Crippen molar-refractivity contribution in [1.29, 1.82) is 0 Å². The highest BCUT2D eigenvalue weighted by atomic mass is 19.1. The minimum Gasteiger partial charge on any atom is -0.494 e. The highest BCUT2D eigenvalue weighted by Gasteiger charge is 2.35. The summed E-state index contributed by atoms with van der Waals surface area (Å²) in [6.45, 7) is 1.73. The third kappa shape index (κ3) is 4.25. The van der Waals surface area contributed by atoms with Gasteiger partial charge in [-0.15, -0.1) is 0 Å². The fourth-order valence-electron chi connectivity index (χ4n) is 3.19. The van der Waals surface area contributed by atoms with Crippen LogP contribution in [0.5, 0.6) is 5.75 Å². The lowest BCUT2D eigenvalue weighted by Gasteiger charge is -2.23. The highest BCUT2D eigenvalue weighted by molar-refractivity contribution is 5.44. The SMILES string of the molecule is COc1ccnc(CNc2nccc(N3C[C@@H](OC)[C@@H](N(C)C)C3)n2)c1F. The molecule has 0 spiro atoms. The van der Waals surface area contributed by atoms with Gasteiger partial charge in [-0.05, 0) is 20.2 Å².